The minimum Gasteiger partial charge on any atom is -0.486 e. The molecule has 0 saturated heterocycles. The Morgan fingerprint density at radius 1 is 1.41 bits per heavy atom. The van der Waals surface area contributed by atoms with Gasteiger partial charge >= 0.3 is 5.97 Å². The SMILES string of the molecule is CCOC(=O)COc1ccc2c(c1Cl)O[C@@H]1CCCC[C@H]1S2. The second kappa shape index (κ2) is 7.01. The minimum absolute atomic E-state index is 0.147. The molecule has 4 nitrogen and oxygen atoms in total. The van der Waals surface area contributed by atoms with E-state index in [0.29, 0.717) is 28.4 Å². The van der Waals surface area contributed by atoms with E-state index in [1.54, 1.807) is 13.0 Å². The molecule has 2 aliphatic rings. The second-order valence-electron chi connectivity index (χ2n) is 5.40. The van der Waals surface area contributed by atoms with Crippen LogP contribution in [0.4, 0.5) is 0 Å². The Morgan fingerprint density at radius 3 is 3.05 bits per heavy atom. The van der Waals surface area contributed by atoms with Gasteiger partial charge in [0.25, 0.3) is 0 Å². The summed E-state index contributed by atoms with van der Waals surface area (Å²) in [4.78, 5) is 12.4. The fourth-order valence-corrected chi connectivity index (χ4v) is 4.50. The Hall–Kier alpha value is -1.07. The van der Waals surface area contributed by atoms with Crippen molar-refractivity contribution in [2.24, 2.45) is 0 Å². The third-order valence-electron chi connectivity index (χ3n) is 3.87. The molecule has 0 radical (unpaired) electrons. The predicted octanol–water partition coefficient (Wildman–Crippen LogP) is 4.08. The zero-order chi connectivity index (χ0) is 15.5. The Balaban J connectivity index is 1.74. The third-order valence-corrected chi connectivity index (χ3v) is 5.64. The number of thioether (sulfide) groups is 1. The number of hydrogen-bond donors (Lipinski definition) is 0. The molecule has 0 unspecified atom stereocenters. The molecule has 1 fully saturated rings. The number of ether oxygens (including phenoxy) is 3. The molecule has 0 amide bonds. The first-order valence-electron chi connectivity index (χ1n) is 7.63. The smallest absolute Gasteiger partial charge is 0.344 e. The minimum atomic E-state index is -0.404. The van der Waals surface area contributed by atoms with Crippen LogP contribution in [0.15, 0.2) is 17.0 Å². The Kier molecular flexibility index (Phi) is 5.03. The van der Waals surface area contributed by atoms with Crippen molar-refractivity contribution >= 4 is 29.3 Å². The molecule has 1 heterocycles. The number of esters is 1. The number of carbonyl (C=O) groups is 1. The van der Waals surface area contributed by atoms with Gasteiger partial charge < -0.3 is 14.2 Å². The summed E-state index contributed by atoms with van der Waals surface area (Å²) in [7, 11) is 0. The summed E-state index contributed by atoms with van der Waals surface area (Å²) >= 11 is 8.24. The molecule has 6 heteroatoms. The highest BCUT2D eigenvalue weighted by Crippen LogP contribution is 2.50. The topological polar surface area (TPSA) is 44.8 Å². The van der Waals surface area contributed by atoms with E-state index in [0.717, 1.165) is 11.3 Å². The first-order valence-corrected chi connectivity index (χ1v) is 8.89. The molecule has 3 rings (SSSR count). The van der Waals surface area contributed by atoms with Crippen molar-refractivity contribution in [1.29, 1.82) is 0 Å². The monoisotopic (exact) mass is 342 g/mol. The average Bonchev–Trinajstić information content (AvgIpc) is 2.53. The number of fused-ring (bicyclic) bond motifs is 2. The number of carbonyl (C=O) groups excluding carboxylic acids is 1. The predicted molar refractivity (Wildman–Crippen MR) is 86.1 cm³/mol. The fourth-order valence-electron chi connectivity index (χ4n) is 2.82. The third kappa shape index (κ3) is 3.30. The standard InChI is InChI=1S/C16H19ClO4S/c1-2-19-14(18)9-20-11-7-8-13-16(15(11)17)21-10-5-3-4-6-12(10)22-13/h7-8,10,12H,2-6,9H2,1H3/t10-,12-/m1/s1. The lowest BCUT2D eigenvalue weighted by Crippen LogP contribution is -2.35. The van der Waals surface area contributed by atoms with E-state index in [2.05, 4.69) is 0 Å². The number of benzene rings is 1. The molecule has 1 aromatic rings. The molecule has 0 aromatic heterocycles. The van der Waals surface area contributed by atoms with Crippen LogP contribution < -0.4 is 9.47 Å². The first kappa shape index (κ1) is 15.8. The molecule has 1 saturated carbocycles. The van der Waals surface area contributed by atoms with E-state index in [9.17, 15) is 4.79 Å². The van der Waals surface area contributed by atoms with E-state index in [-0.39, 0.29) is 12.7 Å². The second-order valence-corrected chi connectivity index (χ2v) is 7.05. The summed E-state index contributed by atoms with van der Waals surface area (Å²) < 4.78 is 16.4. The Bertz CT molecular complexity index is 563. The van der Waals surface area contributed by atoms with Gasteiger partial charge in [-0.05, 0) is 38.3 Å². The van der Waals surface area contributed by atoms with Crippen molar-refractivity contribution < 1.29 is 19.0 Å². The lowest BCUT2D eigenvalue weighted by molar-refractivity contribution is -0.145. The molecular weight excluding hydrogens is 324 g/mol. The zero-order valence-electron chi connectivity index (χ0n) is 12.5. The van der Waals surface area contributed by atoms with Gasteiger partial charge in [-0.1, -0.05) is 18.0 Å². The van der Waals surface area contributed by atoms with Crippen molar-refractivity contribution in [2.75, 3.05) is 13.2 Å². The van der Waals surface area contributed by atoms with E-state index in [4.69, 9.17) is 25.8 Å². The molecule has 0 bridgehead atoms. The van der Waals surface area contributed by atoms with Gasteiger partial charge in [0.15, 0.2) is 12.4 Å². The maximum absolute atomic E-state index is 11.4. The van der Waals surface area contributed by atoms with Crippen LogP contribution in [0, 0.1) is 0 Å². The molecule has 1 aliphatic heterocycles. The van der Waals surface area contributed by atoms with Crippen molar-refractivity contribution in [1.82, 2.24) is 0 Å². The van der Waals surface area contributed by atoms with Gasteiger partial charge in [0, 0.05) is 5.25 Å². The van der Waals surface area contributed by atoms with Crippen LogP contribution in [-0.2, 0) is 9.53 Å². The van der Waals surface area contributed by atoms with Gasteiger partial charge in [-0.2, -0.15) is 0 Å². The Labute approximate surface area is 139 Å². The molecule has 1 aromatic carbocycles. The van der Waals surface area contributed by atoms with Crippen LogP contribution in [0.2, 0.25) is 5.02 Å². The number of rotatable bonds is 4. The van der Waals surface area contributed by atoms with Gasteiger partial charge in [-0.25, -0.2) is 4.79 Å². The van der Waals surface area contributed by atoms with Gasteiger partial charge in [0.05, 0.1) is 11.5 Å². The largest absolute Gasteiger partial charge is 0.486 e. The van der Waals surface area contributed by atoms with Gasteiger partial charge in [0.2, 0.25) is 0 Å². The summed E-state index contributed by atoms with van der Waals surface area (Å²) in [6, 6.07) is 3.75. The average molecular weight is 343 g/mol. The molecular formula is C16H19ClO4S. The van der Waals surface area contributed by atoms with Crippen LogP contribution in [0.5, 0.6) is 11.5 Å². The highest BCUT2D eigenvalue weighted by molar-refractivity contribution is 8.00. The molecule has 0 N–H and O–H groups in total. The van der Waals surface area contributed by atoms with E-state index >= 15 is 0 Å². The molecule has 1 aliphatic carbocycles. The summed E-state index contributed by atoms with van der Waals surface area (Å²) in [5, 5.41) is 0.960. The van der Waals surface area contributed by atoms with E-state index < -0.39 is 5.97 Å². The summed E-state index contributed by atoms with van der Waals surface area (Å²) in [6.07, 6.45) is 4.95. The van der Waals surface area contributed by atoms with Crippen molar-refractivity contribution in [3.8, 4) is 11.5 Å². The highest BCUT2D eigenvalue weighted by atomic mass is 35.5. The molecule has 120 valence electrons. The quantitative estimate of drug-likeness (QED) is 0.771. The fraction of sp³-hybridized carbons (Fsp3) is 0.562. The van der Waals surface area contributed by atoms with Crippen LogP contribution in [0.1, 0.15) is 32.6 Å². The summed E-state index contributed by atoms with van der Waals surface area (Å²) in [5.74, 6) is 0.749. The summed E-state index contributed by atoms with van der Waals surface area (Å²) in [6.45, 7) is 1.95. The zero-order valence-corrected chi connectivity index (χ0v) is 14.0. The highest BCUT2D eigenvalue weighted by Gasteiger charge is 2.34. The first-order chi connectivity index (χ1) is 10.7. The lowest BCUT2D eigenvalue weighted by Gasteiger charge is -2.36. The van der Waals surface area contributed by atoms with E-state index in [1.165, 1.54) is 19.3 Å². The van der Waals surface area contributed by atoms with Crippen molar-refractivity contribution in [3.63, 3.8) is 0 Å². The van der Waals surface area contributed by atoms with Crippen LogP contribution in [0.3, 0.4) is 0 Å². The number of halogens is 1. The van der Waals surface area contributed by atoms with Gasteiger partial charge in [0.1, 0.15) is 16.9 Å². The van der Waals surface area contributed by atoms with Crippen molar-refractivity contribution in [2.45, 2.75) is 48.9 Å². The van der Waals surface area contributed by atoms with Crippen LogP contribution in [-0.4, -0.2) is 30.5 Å². The molecule has 0 spiro atoms. The lowest BCUT2D eigenvalue weighted by atomic mass is 9.97. The molecule has 2 atom stereocenters. The normalized spacial score (nSPS) is 23.0. The summed E-state index contributed by atoms with van der Waals surface area (Å²) in [5.41, 5.74) is 0. The van der Waals surface area contributed by atoms with Gasteiger partial charge in [-0.15, -0.1) is 11.8 Å². The van der Waals surface area contributed by atoms with E-state index in [1.807, 2.05) is 17.8 Å². The Morgan fingerprint density at radius 2 is 2.23 bits per heavy atom. The van der Waals surface area contributed by atoms with Crippen LogP contribution >= 0.6 is 23.4 Å². The maximum Gasteiger partial charge on any atom is 0.344 e. The van der Waals surface area contributed by atoms with Crippen LogP contribution in [0.25, 0.3) is 0 Å². The maximum atomic E-state index is 11.4. The van der Waals surface area contributed by atoms with Gasteiger partial charge in [-0.3, -0.25) is 0 Å². The van der Waals surface area contributed by atoms with Crippen molar-refractivity contribution in [3.05, 3.63) is 17.2 Å². The molecule has 22 heavy (non-hydrogen) atoms. The number of hydrogen-bond acceptors (Lipinski definition) is 5.